The van der Waals surface area contributed by atoms with Crippen LogP contribution in [0.15, 0.2) is 0 Å². The number of carboxylic acids is 2. The molecular formula is C13H22Na2O4S. The summed E-state index contributed by atoms with van der Waals surface area (Å²) in [5.74, 6) is -3.60. The van der Waals surface area contributed by atoms with E-state index in [1.165, 1.54) is 19.3 Å². The molecule has 0 atom stereocenters. The van der Waals surface area contributed by atoms with Crippen LogP contribution in [-0.4, -0.2) is 17.7 Å². The molecule has 0 aromatic heterocycles. The number of rotatable bonds is 12. The Morgan fingerprint density at radius 1 is 0.750 bits per heavy atom. The van der Waals surface area contributed by atoms with Gasteiger partial charge in [0.1, 0.15) is 0 Å². The Bertz CT molecular complexity index is 239. The fourth-order valence-electron chi connectivity index (χ4n) is 1.85. The topological polar surface area (TPSA) is 80.3 Å². The molecule has 0 rings (SSSR count). The van der Waals surface area contributed by atoms with Gasteiger partial charge in [-0.1, -0.05) is 44.9 Å². The van der Waals surface area contributed by atoms with Crippen molar-refractivity contribution in [1.29, 1.82) is 0 Å². The van der Waals surface area contributed by atoms with Gasteiger partial charge in [-0.3, -0.25) is 0 Å². The summed E-state index contributed by atoms with van der Waals surface area (Å²) in [5.41, 5.74) is 0. The van der Waals surface area contributed by atoms with Crippen molar-refractivity contribution in [2.24, 2.45) is 5.92 Å². The van der Waals surface area contributed by atoms with Crippen molar-refractivity contribution in [2.45, 2.75) is 57.8 Å². The van der Waals surface area contributed by atoms with Crippen molar-refractivity contribution < 1.29 is 78.9 Å². The number of thiol groups is 1. The van der Waals surface area contributed by atoms with E-state index in [1.807, 2.05) is 0 Å². The van der Waals surface area contributed by atoms with Gasteiger partial charge in [-0.15, -0.1) is 0 Å². The molecule has 7 heteroatoms. The number of carbonyl (C=O) groups excluding carboxylic acids is 2. The molecule has 4 nitrogen and oxygen atoms in total. The van der Waals surface area contributed by atoms with E-state index in [-0.39, 0.29) is 65.5 Å². The summed E-state index contributed by atoms with van der Waals surface area (Å²) < 4.78 is 0. The second-order valence-electron chi connectivity index (χ2n) is 4.53. The molecule has 0 aromatic carbocycles. The Kier molecular flexibility index (Phi) is 24.0. The molecule has 0 saturated heterocycles. The Morgan fingerprint density at radius 2 is 1.10 bits per heavy atom. The first-order chi connectivity index (χ1) is 8.59. The Morgan fingerprint density at radius 3 is 1.45 bits per heavy atom. The molecule has 0 unspecified atom stereocenters. The molecule has 20 heavy (non-hydrogen) atoms. The van der Waals surface area contributed by atoms with Gasteiger partial charge in [0.2, 0.25) is 0 Å². The monoisotopic (exact) mass is 320 g/mol. The SMILES string of the molecule is O=C([O-])C(CCCCCCCCCCS)C(=O)[O-].[Na+].[Na+]. The average molecular weight is 320 g/mol. The number of carbonyl (C=O) groups is 2. The van der Waals surface area contributed by atoms with Crippen LogP contribution in [0.25, 0.3) is 0 Å². The Balaban J connectivity index is -0.00000144. The average Bonchev–Trinajstić information content (AvgIpc) is 2.30. The van der Waals surface area contributed by atoms with E-state index in [0.717, 1.165) is 31.4 Å². The number of hydrogen-bond donors (Lipinski definition) is 1. The summed E-state index contributed by atoms with van der Waals surface area (Å²) in [5, 5.41) is 20.9. The summed E-state index contributed by atoms with van der Waals surface area (Å²) in [4.78, 5) is 20.9. The minimum Gasteiger partial charge on any atom is -0.549 e. The van der Waals surface area contributed by atoms with Gasteiger partial charge in [0.25, 0.3) is 0 Å². The summed E-state index contributed by atoms with van der Waals surface area (Å²) >= 11 is 4.14. The van der Waals surface area contributed by atoms with Gasteiger partial charge >= 0.3 is 59.1 Å². The first-order valence-corrected chi connectivity index (χ1v) is 7.25. The molecule has 0 heterocycles. The first-order valence-electron chi connectivity index (χ1n) is 6.62. The second-order valence-corrected chi connectivity index (χ2v) is 4.98. The predicted octanol–water partition coefficient (Wildman–Crippen LogP) is -5.45. The second kappa shape index (κ2) is 18.3. The minimum absolute atomic E-state index is 0. The standard InChI is InChI=1S/C13H24O4S.2Na/c14-12(15)11(13(16)17)9-7-5-3-1-2-4-6-8-10-18;;/h11,18H,1-10H2,(H,14,15)(H,16,17);;/q;2*+1/p-2. The zero-order valence-corrected chi connectivity index (χ0v) is 17.6. The third kappa shape index (κ3) is 15.7. The van der Waals surface area contributed by atoms with E-state index in [1.54, 1.807) is 0 Å². The van der Waals surface area contributed by atoms with Gasteiger partial charge in [-0.2, -0.15) is 12.6 Å². The largest absolute Gasteiger partial charge is 1.00 e. The van der Waals surface area contributed by atoms with Crippen molar-refractivity contribution in [3.8, 4) is 0 Å². The van der Waals surface area contributed by atoms with Crippen LogP contribution >= 0.6 is 12.6 Å². The van der Waals surface area contributed by atoms with Crippen LogP contribution in [0.4, 0.5) is 0 Å². The molecular weight excluding hydrogens is 298 g/mol. The Labute approximate surface area is 171 Å². The molecule has 0 amide bonds. The maximum Gasteiger partial charge on any atom is 1.00 e. The molecule has 0 fully saturated rings. The van der Waals surface area contributed by atoms with E-state index in [2.05, 4.69) is 12.6 Å². The smallest absolute Gasteiger partial charge is 0.549 e. The summed E-state index contributed by atoms with van der Waals surface area (Å²) in [6.07, 6.45) is 8.47. The van der Waals surface area contributed by atoms with Crippen molar-refractivity contribution in [3.05, 3.63) is 0 Å². The van der Waals surface area contributed by atoms with Crippen molar-refractivity contribution in [3.63, 3.8) is 0 Å². The van der Waals surface area contributed by atoms with Crippen LogP contribution in [0.5, 0.6) is 0 Å². The predicted molar refractivity (Wildman–Crippen MR) is 68.9 cm³/mol. The summed E-state index contributed by atoms with van der Waals surface area (Å²) in [6, 6.07) is 0. The van der Waals surface area contributed by atoms with E-state index >= 15 is 0 Å². The van der Waals surface area contributed by atoms with Crippen LogP contribution in [0.3, 0.4) is 0 Å². The fourth-order valence-corrected chi connectivity index (χ4v) is 2.08. The van der Waals surface area contributed by atoms with Gasteiger partial charge in [0, 0.05) is 5.92 Å². The summed E-state index contributed by atoms with van der Waals surface area (Å²) in [6.45, 7) is 0. The van der Waals surface area contributed by atoms with E-state index in [4.69, 9.17) is 0 Å². The van der Waals surface area contributed by atoms with Crippen LogP contribution in [0.2, 0.25) is 0 Å². The van der Waals surface area contributed by atoms with Crippen LogP contribution in [0, 0.1) is 5.92 Å². The number of unbranched alkanes of at least 4 members (excludes halogenated alkanes) is 7. The maximum atomic E-state index is 10.5. The third-order valence-electron chi connectivity index (χ3n) is 2.97. The fraction of sp³-hybridized carbons (Fsp3) is 0.846. The van der Waals surface area contributed by atoms with E-state index in [0.29, 0.717) is 6.42 Å². The molecule has 0 aliphatic heterocycles. The molecule has 0 bridgehead atoms. The van der Waals surface area contributed by atoms with Gasteiger partial charge in [0.05, 0.1) is 11.9 Å². The number of hydrogen-bond acceptors (Lipinski definition) is 5. The van der Waals surface area contributed by atoms with Crippen molar-refractivity contribution in [1.82, 2.24) is 0 Å². The first kappa shape index (κ1) is 26.2. The van der Waals surface area contributed by atoms with Crippen molar-refractivity contribution in [2.75, 3.05) is 5.75 Å². The molecule has 0 N–H and O–H groups in total. The molecule has 0 saturated carbocycles. The van der Waals surface area contributed by atoms with E-state index < -0.39 is 17.9 Å². The van der Waals surface area contributed by atoms with E-state index in [9.17, 15) is 19.8 Å². The third-order valence-corrected chi connectivity index (χ3v) is 3.29. The molecule has 0 aromatic rings. The molecule has 0 spiro atoms. The molecule has 106 valence electrons. The zero-order chi connectivity index (χ0) is 13.8. The number of carboxylic acid groups (broad SMARTS) is 2. The van der Waals surface area contributed by atoms with Crippen LogP contribution < -0.4 is 69.3 Å². The number of aliphatic carboxylic acids is 2. The van der Waals surface area contributed by atoms with Crippen molar-refractivity contribution >= 4 is 24.6 Å². The van der Waals surface area contributed by atoms with Crippen LogP contribution in [0.1, 0.15) is 57.8 Å². The van der Waals surface area contributed by atoms with Gasteiger partial charge in [0.15, 0.2) is 0 Å². The zero-order valence-electron chi connectivity index (χ0n) is 12.7. The minimum atomic E-state index is -1.54. The quantitative estimate of drug-likeness (QED) is 0.168. The molecule has 0 aliphatic carbocycles. The van der Waals surface area contributed by atoms with Crippen LogP contribution in [-0.2, 0) is 9.59 Å². The van der Waals surface area contributed by atoms with Gasteiger partial charge in [-0.05, 0) is 18.6 Å². The Hall–Kier alpha value is 1.29. The van der Waals surface area contributed by atoms with Gasteiger partial charge in [-0.25, -0.2) is 0 Å². The van der Waals surface area contributed by atoms with Gasteiger partial charge < -0.3 is 19.8 Å². The molecule has 0 aliphatic rings. The summed E-state index contributed by atoms with van der Waals surface area (Å²) in [7, 11) is 0. The molecule has 0 radical (unpaired) electrons. The normalized spacial score (nSPS) is 9.70. The maximum absolute atomic E-state index is 10.5.